The molecule has 2 aromatic heterocycles. The number of aryl methyl sites for hydroxylation is 2. The number of hydrogen-bond donors (Lipinski definition) is 1. The summed E-state index contributed by atoms with van der Waals surface area (Å²) in [6, 6.07) is 7.86. The van der Waals surface area contributed by atoms with Crippen LogP contribution in [0.2, 0.25) is 0 Å². The van der Waals surface area contributed by atoms with Crippen LogP contribution in [0.5, 0.6) is 0 Å². The van der Waals surface area contributed by atoms with Crippen molar-refractivity contribution >= 4 is 39.2 Å². The Hall–Kier alpha value is -2.12. The van der Waals surface area contributed by atoms with E-state index in [1.807, 2.05) is 37.4 Å². The van der Waals surface area contributed by atoms with Gasteiger partial charge in [-0.1, -0.05) is 31.2 Å². The van der Waals surface area contributed by atoms with E-state index in [0.717, 1.165) is 29.7 Å². The van der Waals surface area contributed by atoms with Gasteiger partial charge in [-0.15, -0.1) is 11.3 Å². The van der Waals surface area contributed by atoms with Crippen LogP contribution in [-0.2, 0) is 4.79 Å². The van der Waals surface area contributed by atoms with Gasteiger partial charge in [0.05, 0.1) is 17.0 Å². The van der Waals surface area contributed by atoms with Crippen LogP contribution in [0.3, 0.4) is 0 Å². The predicted molar refractivity (Wildman–Crippen MR) is 113 cm³/mol. The summed E-state index contributed by atoms with van der Waals surface area (Å²) in [5, 5.41) is 5.32. The molecule has 2 heterocycles. The second kappa shape index (κ2) is 8.71. The van der Waals surface area contributed by atoms with Crippen LogP contribution in [0.25, 0.3) is 15.9 Å². The fourth-order valence-electron chi connectivity index (χ4n) is 2.88. The van der Waals surface area contributed by atoms with Crippen molar-refractivity contribution < 1.29 is 4.79 Å². The van der Waals surface area contributed by atoms with E-state index in [1.54, 1.807) is 4.57 Å². The minimum atomic E-state index is -0.0890. The number of carbonyl (C=O) groups excluding carboxylic acids is 1. The van der Waals surface area contributed by atoms with Crippen molar-refractivity contribution in [1.29, 1.82) is 0 Å². The molecule has 0 bridgehead atoms. The van der Waals surface area contributed by atoms with Gasteiger partial charge in [-0.2, -0.15) is 0 Å². The van der Waals surface area contributed by atoms with E-state index < -0.39 is 0 Å². The van der Waals surface area contributed by atoms with Crippen molar-refractivity contribution in [2.45, 2.75) is 38.8 Å². The second-order valence-corrected chi connectivity index (χ2v) is 8.37. The van der Waals surface area contributed by atoms with Gasteiger partial charge in [-0.25, -0.2) is 4.98 Å². The Morgan fingerprint density at radius 3 is 2.70 bits per heavy atom. The molecule has 3 rings (SSSR count). The molecule has 1 amide bonds. The van der Waals surface area contributed by atoms with E-state index in [0.29, 0.717) is 21.9 Å². The minimum Gasteiger partial charge on any atom is -0.355 e. The summed E-state index contributed by atoms with van der Waals surface area (Å²) < 4.78 is 2.26. The summed E-state index contributed by atoms with van der Waals surface area (Å²) in [4.78, 5) is 29.9. The summed E-state index contributed by atoms with van der Waals surface area (Å²) in [6.45, 7) is 6.78. The monoisotopic (exact) mass is 401 g/mol. The Morgan fingerprint density at radius 1 is 1.26 bits per heavy atom. The van der Waals surface area contributed by atoms with Crippen LogP contribution in [0.1, 0.15) is 30.9 Å². The lowest BCUT2D eigenvalue weighted by Gasteiger charge is -2.13. The highest BCUT2D eigenvalue weighted by molar-refractivity contribution is 7.99. The number of fused-ring (bicyclic) bond motifs is 1. The smallest absolute Gasteiger partial charge is 0.276 e. The average molecular weight is 402 g/mol. The number of thiophene rings is 1. The lowest BCUT2D eigenvalue weighted by Crippen LogP contribution is -2.27. The molecule has 0 saturated carbocycles. The zero-order chi connectivity index (χ0) is 19.4. The van der Waals surface area contributed by atoms with Gasteiger partial charge >= 0.3 is 0 Å². The third kappa shape index (κ3) is 4.59. The second-order valence-electron chi connectivity index (χ2n) is 6.51. The predicted octanol–water partition coefficient (Wildman–Crippen LogP) is 4.07. The van der Waals surface area contributed by atoms with Crippen molar-refractivity contribution in [2.75, 3.05) is 12.3 Å². The van der Waals surface area contributed by atoms with Gasteiger partial charge in [-0.05, 0) is 55.0 Å². The number of nitrogens with zero attached hydrogens (tertiary/aromatic N) is 2. The summed E-state index contributed by atoms with van der Waals surface area (Å²) in [5.41, 5.74) is 3.54. The number of benzene rings is 1. The number of hydrogen-bond acceptors (Lipinski definition) is 5. The lowest BCUT2D eigenvalue weighted by atomic mass is 10.1. The maximum atomic E-state index is 13.1. The molecule has 0 fully saturated rings. The highest BCUT2D eigenvalue weighted by Gasteiger charge is 2.16. The van der Waals surface area contributed by atoms with Gasteiger partial charge in [-0.3, -0.25) is 14.2 Å². The van der Waals surface area contributed by atoms with E-state index in [4.69, 9.17) is 0 Å². The maximum Gasteiger partial charge on any atom is 0.276 e. The zero-order valence-corrected chi connectivity index (χ0v) is 17.4. The number of unbranched alkanes of at least 4 members (excludes halogenated alkanes) is 1. The molecule has 142 valence electrons. The van der Waals surface area contributed by atoms with Crippen molar-refractivity contribution in [1.82, 2.24) is 14.9 Å². The summed E-state index contributed by atoms with van der Waals surface area (Å²) in [5.74, 6) is 0.191. The van der Waals surface area contributed by atoms with Crippen molar-refractivity contribution in [3.63, 3.8) is 0 Å². The minimum absolute atomic E-state index is 0.0416. The Labute approximate surface area is 166 Å². The number of thioether (sulfide) groups is 1. The number of carbonyl (C=O) groups is 1. The maximum absolute atomic E-state index is 13.1. The third-order valence-electron chi connectivity index (χ3n) is 4.10. The summed E-state index contributed by atoms with van der Waals surface area (Å²) in [6.07, 6.45) is 2.00. The Bertz CT molecular complexity index is 1000. The van der Waals surface area contributed by atoms with Gasteiger partial charge in [0.25, 0.3) is 5.56 Å². The van der Waals surface area contributed by atoms with Gasteiger partial charge < -0.3 is 5.32 Å². The molecule has 1 aromatic carbocycles. The van der Waals surface area contributed by atoms with E-state index in [1.165, 1.54) is 23.1 Å². The standard InChI is InChI=1S/C20H23N3O2S2/c1-4-5-7-21-17(24)12-27-20-22-16-6-8-26-18(16)19(25)23(20)15-10-13(2)9-14(3)11-15/h6,8-11H,4-5,7,12H2,1-3H3,(H,21,24). The van der Waals surface area contributed by atoms with Crippen LogP contribution in [0, 0.1) is 13.8 Å². The van der Waals surface area contributed by atoms with Crippen molar-refractivity contribution in [3.05, 3.63) is 51.1 Å². The van der Waals surface area contributed by atoms with Crippen molar-refractivity contribution in [2.24, 2.45) is 0 Å². The van der Waals surface area contributed by atoms with Crippen LogP contribution >= 0.6 is 23.1 Å². The highest BCUT2D eigenvalue weighted by Crippen LogP contribution is 2.24. The van der Waals surface area contributed by atoms with Gasteiger partial charge in [0.15, 0.2) is 5.16 Å². The first-order valence-electron chi connectivity index (χ1n) is 8.98. The van der Waals surface area contributed by atoms with Gasteiger partial charge in [0.2, 0.25) is 5.91 Å². The normalized spacial score (nSPS) is 11.1. The van der Waals surface area contributed by atoms with E-state index in [9.17, 15) is 9.59 Å². The topological polar surface area (TPSA) is 64.0 Å². The summed E-state index contributed by atoms with van der Waals surface area (Å²) >= 11 is 2.69. The largest absolute Gasteiger partial charge is 0.355 e. The van der Waals surface area contributed by atoms with Crippen molar-refractivity contribution in [3.8, 4) is 5.69 Å². The number of rotatable bonds is 7. The highest BCUT2D eigenvalue weighted by atomic mass is 32.2. The molecule has 7 heteroatoms. The van der Waals surface area contributed by atoms with E-state index in [2.05, 4.69) is 23.3 Å². The molecule has 0 aliphatic heterocycles. The zero-order valence-electron chi connectivity index (χ0n) is 15.7. The number of aromatic nitrogens is 2. The van der Waals surface area contributed by atoms with Crippen LogP contribution in [0.15, 0.2) is 39.6 Å². The molecule has 0 aliphatic rings. The lowest BCUT2D eigenvalue weighted by molar-refractivity contribution is -0.118. The Kier molecular flexibility index (Phi) is 6.34. The Balaban J connectivity index is 1.98. The number of nitrogens with one attached hydrogen (secondary N) is 1. The molecule has 27 heavy (non-hydrogen) atoms. The molecule has 3 aromatic rings. The first-order valence-corrected chi connectivity index (χ1v) is 10.8. The molecule has 0 saturated heterocycles. The molecule has 0 aliphatic carbocycles. The molecule has 0 radical (unpaired) electrons. The van der Waals surface area contributed by atoms with Crippen LogP contribution in [-0.4, -0.2) is 27.8 Å². The molecule has 0 spiro atoms. The molecular weight excluding hydrogens is 378 g/mol. The molecule has 0 unspecified atom stereocenters. The van der Waals surface area contributed by atoms with E-state index in [-0.39, 0.29) is 17.2 Å². The van der Waals surface area contributed by atoms with Gasteiger partial charge in [0.1, 0.15) is 4.70 Å². The molecule has 1 N–H and O–H groups in total. The Morgan fingerprint density at radius 2 is 2.00 bits per heavy atom. The quantitative estimate of drug-likeness (QED) is 0.368. The van der Waals surface area contributed by atoms with Crippen LogP contribution < -0.4 is 10.9 Å². The van der Waals surface area contributed by atoms with Gasteiger partial charge in [0, 0.05) is 6.54 Å². The molecule has 0 atom stereocenters. The third-order valence-corrected chi connectivity index (χ3v) is 5.93. The molecular formula is C20H23N3O2S2. The SMILES string of the molecule is CCCCNC(=O)CSc1nc2ccsc2c(=O)n1-c1cc(C)cc(C)c1. The first-order chi connectivity index (χ1) is 13.0. The van der Waals surface area contributed by atoms with E-state index >= 15 is 0 Å². The first kappa shape index (κ1) is 19.6. The molecule has 5 nitrogen and oxygen atoms in total. The fraction of sp³-hybridized carbons (Fsp3) is 0.350. The average Bonchev–Trinajstić information content (AvgIpc) is 3.08. The number of amides is 1. The summed E-state index contributed by atoms with van der Waals surface area (Å²) in [7, 11) is 0. The fourth-order valence-corrected chi connectivity index (χ4v) is 4.48. The van der Waals surface area contributed by atoms with Crippen LogP contribution in [0.4, 0.5) is 0 Å².